The van der Waals surface area contributed by atoms with Gasteiger partial charge in [-0.05, 0) is 67.8 Å². The van der Waals surface area contributed by atoms with E-state index in [1.54, 1.807) is 0 Å². The number of piperidine rings is 1. The normalized spacial score (nSPS) is 24.4. The maximum Gasteiger partial charge on any atom is 0.251 e. The van der Waals surface area contributed by atoms with Crippen molar-refractivity contribution in [2.45, 2.75) is 58.5 Å². The molecule has 1 saturated carbocycles. The number of aliphatic hydroxyl groups excluding tert-OH is 1. The Morgan fingerprint density at radius 3 is 2.44 bits per heavy atom. The van der Waals surface area contributed by atoms with Gasteiger partial charge >= 0.3 is 0 Å². The van der Waals surface area contributed by atoms with Crippen LogP contribution in [0.5, 0.6) is 0 Å². The smallest absolute Gasteiger partial charge is 0.251 e. The number of benzene rings is 1. The number of likely N-dealkylation sites (tertiary alicyclic amines) is 1. The van der Waals surface area contributed by atoms with Gasteiger partial charge in [-0.1, -0.05) is 32.4 Å². The molecule has 0 radical (unpaired) electrons. The molecule has 1 atom stereocenters. The van der Waals surface area contributed by atoms with Gasteiger partial charge in [0.25, 0.3) is 5.91 Å². The maximum absolute atomic E-state index is 12.5. The summed E-state index contributed by atoms with van der Waals surface area (Å²) < 4.78 is 0. The lowest BCUT2D eigenvalue weighted by atomic mass is 9.87. The SMILES string of the molecule is CC1(C)CCCC1NC(=O)c1ccc(CN2CCC(CO)CC2)cc1. The van der Waals surface area contributed by atoms with Crippen molar-refractivity contribution >= 4 is 5.91 Å². The summed E-state index contributed by atoms with van der Waals surface area (Å²) in [5.74, 6) is 0.525. The van der Waals surface area contributed by atoms with Crippen LogP contribution in [0.2, 0.25) is 0 Å². The van der Waals surface area contributed by atoms with Gasteiger partial charge in [0.15, 0.2) is 0 Å². The van der Waals surface area contributed by atoms with Crippen LogP contribution in [0.1, 0.15) is 61.9 Å². The number of nitrogens with one attached hydrogen (secondary N) is 1. The fraction of sp³-hybridized carbons (Fsp3) is 0.667. The number of aliphatic hydroxyl groups is 1. The molecule has 3 rings (SSSR count). The van der Waals surface area contributed by atoms with E-state index in [-0.39, 0.29) is 17.4 Å². The number of amides is 1. The van der Waals surface area contributed by atoms with Gasteiger partial charge in [-0.25, -0.2) is 0 Å². The van der Waals surface area contributed by atoms with Gasteiger partial charge in [0.05, 0.1) is 0 Å². The molecule has 1 unspecified atom stereocenters. The number of hydrogen-bond acceptors (Lipinski definition) is 3. The minimum atomic E-state index is 0.0512. The van der Waals surface area contributed by atoms with E-state index in [0.717, 1.165) is 44.5 Å². The number of carbonyl (C=O) groups is 1. The van der Waals surface area contributed by atoms with Gasteiger partial charge in [0.1, 0.15) is 0 Å². The van der Waals surface area contributed by atoms with E-state index in [0.29, 0.717) is 12.5 Å². The molecule has 4 nitrogen and oxygen atoms in total. The van der Waals surface area contributed by atoms with Crippen LogP contribution < -0.4 is 5.32 Å². The summed E-state index contributed by atoms with van der Waals surface area (Å²) in [7, 11) is 0. The zero-order valence-corrected chi connectivity index (χ0v) is 15.6. The van der Waals surface area contributed by atoms with Crippen molar-refractivity contribution in [1.29, 1.82) is 0 Å². The molecule has 2 N–H and O–H groups in total. The minimum absolute atomic E-state index is 0.0512. The number of nitrogens with zero attached hydrogens (tertiary/aromatic N) is 1. The van der Waals surface area contributed by atoms with Crippen LogP contribution in [0, 0.1) is 11.3 Å². The summed E-state index contributed by atoms with van der Waals surface area (Å²) in [4.78, 5) is 14.9. The standard InChI is InChI=1S/C21H32N2O2/c1-21(2)11-3-4-19(21)22-20(25)18-7-5-16(6-8-18)14-23-12-9-17(15-24)10-13-23/h5-8,17,19,24H,3-4,9-15H2,1-2H3,(H,22,25). The maximum atomic E-state index is 12.5. The largest absolute Gasteiger partial charge is 0.396 e. The molecular formula is C21H32N2O2. The van der Waals surface area contributed by atoms with E-state index < -0.39 is 0 Å². The third-order valence-electron chi connectivity index (χ3n) is 6.15. The molecule has 1 amide bonds. The highest BCUT2D eigenvalue weighted by atomic mass is 16.3. The van der Waals surface area contributed by atoms with E-state index in [1.807, 2.05) is 12.1 Å². The van der Waals surface area contributed by atoms with Gasteiger partial charge in [0.2, 0.25) is 0 Å². The predicted octanol–water partition coefficient (Wildman–Crippen LogP) is 3.20. The lowest BCUT2D eigenvalue weighted by molar-refractivity contribution is 0.0910. The lowest BCUT2D eigenvalue weighted by Crippen LogP contribution is -2.41. The Hall–Kier alpha value is -1.39. The van der Waals surface area contributed by atoms with E-state index in [2.05, 4.69) is 36.2 Å². The first-order chi connectivity index (χ1) is 12.0. The molecule has 1 heterocycles. The highest BCUT2D eigenvalue weighted by Gasteiger charge is 2.35. The molecule has 2 aliphatic rings. The van der Waals surface area contributed by atoms with Crippen LogP contribution in [-0.4, -0.2) is 41.7 Å². The van der Waals surface area contributed by atoms with Gasteiger partial charge < -0.3 is 10.4 Å². The monoisotopic (exact) mass is 344 g/mol. The Kier molecular flexibility index (Phi) is 5.80. The quantitative estimate of drug-likeness (QED) is 0.862. The van der Waals surface area contributed by atoms with E-state index in [4.69, 9.17) is 0 Å². The van der Waals surface area contributed by atoms with Crippen molar-refractivity contribution in [3.63, 3.8) is 0 Å². The highest BCUT2D eigenvalue weighted by molar-refractivity contribution is 5.94. The van der Waals surface area contributed by atoms with Gasteiger partial charge in [0, 0.05) is 24.8 Å². The van der Waals surface area contributed by atoms with Crippen molar-refractivity contribution in [3.8, 4) is 0 Å². The molecular weight excluding hydrogens is 312 g/mol. The molecule has 25 heavy (non-hydrogen) atoms. The third kappa shape index (κ3) is 4.62. The second-order valence-corrected chi connectivity index (χ2v) is 8.51. The molecule has 4 heteroatoms. The molecule has 1 aliphatic heterocycles. The number of carbonyl (C=O) groups excluding carboxylic acids is 1. The Morgan fingerprint density at radius 2 is 1.88 bits per heavy atom. The number of hydrogen-bond donors (Lipinski definition) is 2. The van der Waals surface area contributed by atoms with Crippen LogP contribution in [0.3, 0.4) is 0 Å². The van der Waals surface area contributed by atoms with Gasteiger partial charge in [-0.2, -0.15) is 0 Å². The second kappa shape index (κ2) is 7.88. The lowest BCUT2D eigenvalue weighted by Gasteiger charge is -2.31. The van der Waals surface area contributed by atoms with Gasteiger partial charge in [-0.15, -0.1) is 0 Å². The fourth-order valence-corrected chi connectivity index (χ4v) is 4.18. The van der Waals surface area contributed by atoms with Gasteiger partial charge in [-0.3, -0.25) is 9.69 Å². The zero-order valence-electron chi connectivity index (χ0n) is 15.6. The summed E-state index contributed by atoms with van der Waals surface area (Å²) in [6.07, 6.45) is 5.62. The van der Waals surface area contributed by atoms with Crippen LogP contribution in [0.25, 0.3) is 0 Å². The van der Waals surface area contributed by atoms with Crippen molar-refractivity contribution in [2.75, 3.05) is 19.7 Å². The zero-order chi connectivity index (χ0) is 17.9. The molecule has 2 fully saturated rings. The summed E-state index contributed by atoms with van der Waals surface area (Å²) >= 11 is 0. The van der Waals surface area contributed by atoms with Crippen molar-refractivity contribution in [3.05, 3.63) is 35.4 Å². The van der Waals surface area contributed by atoms with Crippen molar-refractivity contribution in [2.24, 2.45) is 11.3 Å². The van der Waals surface area contributed by atoms with E-state index in [9.17, 15) is 9.90 Å². The van der Waals surface area contributed by atoms with E-state index >= 15 is 0 Å². The molecule has 0 spiro atoms. The van der Waals surface area contributed by atoms with Crippen LogP contribution >= 0.6 is 0 Å². The summed E-state index contributed by atoms with van der Waals surface area (Å²) in [5.41, 5.74) is 2.21. The average molecular weight is 344 g/mol. The molecule has 138 valence electrons. The van der Waals surface area contributed by atoms with Crippen LogP contribution in [0.15, 0.2) is 24.3 Å². The molecule has 1 aromatic rings. The number of rotatable bonds is 5. The first-order valence-electron chi connectivity index (χ1n) is 9.71. The summed E-state index contributed by atoms with van der Waals surface area (Å²) in [6, 6.07) is 8.34. The Morgan fingerprint density at radius 1 is 1.20 bits per heavy atom. The van der Waals surface area contributed by atoms with Crippen LogP contribution in [0.4, 0.5) is 0 Å². The molecule has 0 bridgehead atoms. The molecule has 1 aromatic carbocycles. The average Bonchev–Trinajstić information content (AvgIpc) is 2.94. The first kappa shape index (κ1) is 18.4. The predicted molar refractivity (Wildman–Crippen MR) is 100 cm³/mol. The van der Waals surface area contributed by atoms with Crippen LogP contribution in [-0.2, 0) is 6.54 Å². The van der Waals surface area contributed by atoms with Crippen molar-refractivity contribution in [1.82, 2.24) is 10.2 Å². The Labute approximate surface area is 151 Å². The molecule has 0 aromatic heterocycles. The molecule has 1 aliphatic carbocycles. The Bertz CT molecular complexity index is 574. The van der Waals surface area contributed by atoms with E-state index in [1.165, 1.54) is 18.4 Å². The highest BCUT2D eigenvalue weighted by Crippen LogP contribution is 2.37. The minimum Gasteiger partial charge on any atom is -0.396 e. The first-order valence-corrected chi connectivity index (χ1v) is 9.71. The second-order valence-electron chi connectivity index (χ2n) is 8.51. The van der Waals surface area contributed by atoms with Crippen molar-refractivity contribution < 1.29 is 9.90 Å². The third-order valence-corrected chi connectivity index (χ3v) is 6.15. The summed E-state index contributed by atoms with van der Waals surface area (Å²) in [5, 5.41) is 12.5. The summed E-state index contributed by atoms with van der Waals surface area (Å²) in [6.45, 7) is 7.82. The Balaban J connectivity index is 1.52. The fourth-order valence-electron chi connectivity index (χ4n) is 4.18. The molecule has 1 saturated heterocycles. The topological polar surface area (TPSA) is 52.6 Å².